The van der Waals surface area contributed by atoms with Gasteiger partial charge in [-0.3, -0.25) is 9.59 Å². The van der Waals surface area contributed by atoms with Gasteiger partial charge in [-0.15, -0.1) is 0 Å². The van der Waals surface area contributed by atoms with Gasteiger partial charge in [0.2, 0.25) is 0 Å². The number of imide groups is 1. The second kappa shape index (κ2) is 8.75. The molecule has 1 aliphatic heterocycles. The fourth-order valence-electron chi connectivity index (χ4n) is 3.69. The van der Waals surface area contributed by atoms with Gasteiger partial charge < -0.3 is 10.1 Å². The maximum atomic E-state index is 13.5. The third kappa shape index (κ3) is 4.50. The molecule has 0 unspecified atom stereocenters. The van der Waals surface area contributed by atoms with Crippen LogP contribution in [0.3, 0.4) is 0 Å². The highest BCUT2D eigenvalue weighted by molar-refractivity contribution is 6.46. The molecule has 6 heteroatoms. The third-order valence-electron chi connectivity index (χ3n) is 5.57. The quantitative estimate of drug-likeness (QED) is 0.471. The van der Waals surface area contributed by atoms with Crippen molar-refractivity contribution in [2.45, 2.75) is 26.2 Å². The summed E-state index contributed by atoms with van der Waals surface area (Å²) in [6.45, 7) is 6.43. The number of anilines is 2. The number of carbonyl (C=O) groups excluding carboxylic acids is 2. The third-order valence-corrected chi connectivity index (χ3v) is 5.82. The molecule has 4 rings (SSSR count). The Morgan fingerprint density at radius 1 is 0.818 bits per heavy atom. The maximum Gasteiger partial charge on any atom is 0.282 e. The average Bonchev–Trinajstić information content (AvgIpc) is 3.03. The molecule has 0 aromatic heterocycles. The number of rotatable bonds is 5. The minimum Gasteiger partial charge on any atom is -0.497 e. The van der Waals surface area contributed by atoms with Gasteiger partial charge in [0, 0.05) is 10.7 Å². The zero-order chi connectivity index (χ0) is 23.8. The summed E-state index contributed by atoms with van der Waals surface area (Å²) in [6, 6.07) is 21.6. The minimum absolute atomic E-state index is 0.0105. The summed E-state index contributed by atoms with van der Waals surface area (Å²) < 4.78 is 5.24. The van der Waals surface area contributed by atoms with E-state index in [1.54, 1.807) is 55.6 Å². The van der Waals surface area contributed by atoms with Gasteiger partial charge in [0.25, 0.3) is 11.8 Å². The first-order chi connectivity index (χ1) is 15.7. The van der Waals surface area contributed by atoms with E-state index in [0.717, 1.165) is 5.69 Å². The molecule has 0 atom stereocenters. The highest BCUT2D eigenvalue weighted by Crippen LogP contribution is 2.35. The van der Waals surface area contributed by atoms with Crippen molar-refractivity contribution >= 4 is 40.4 Å². The molecule has 0 saturated carbocycles. The van der Waals surface area contributed by atoms with Gasteiger partial charge in [-0.25, -0.2) is 4.90 Å². The van der Waals surface area contributed by atoms with Gasteiger partial charge in [0.1, 0.15) is 11.4 Å². The molecule has 0 spiro atoms. The van der Waals surface area contributed by atoms with Crippen LogP contribution in [-0.2, 0) is 15.0 Å². The predicted octanol–water partition coefficient (Wildman–Crippen LogP) is 6.04. The summed E-state index contributed by atoms with van der Waals surface area (Å²) in [5.74, 6) is -0.160. The van der Waals surface area contributed by atoms with Gasteiger partial charge in [-0.05, 0) is 65.1 Å². The van der Waals surface area contributed by atoms with E-state index in [4.69, 9.17) is 16.3 Å². The van der Waals surface area contributed by atoms with Crippen LogP contribution in [0.25, 0.3) is 5.57 Å². The van der Waals surface area contributed by atoms with Gasteiger partial charge in [0.05, 0.1) is 18.4 Å². The van der Waals surface area contributed by atoms with Gasteiger partial charge >= 0.3 is 0 Å². The van der Waals surface area contributed by atoms with Crippen molar-refractivity contribution in [1.82, 2.24) is 0 Å². The van der Waals surface area contributed by atoms with Crippen molar-refractivity contribution in [2.24, 2.45) is 0 Å². The second-order valence-corrected chi connectivity index (χ2v) is 9.29. The Morgan fingerprint density at radius 2 is 1.42 bits per heavy atom. The fraction of sp³-hybridized carbons (Fsp3) is 0.185. The molecule has 33 heavy (non-hydrogen) atoms. The van der Waals surface area contributed by atoms with Crippen LogP contribution in [0.4, 0.5) is 11.4 Å². The molecule has 3 aromatic rings. The lowest BCUT2D eigenvalue weighted by atomic mass is 9.87. The molecule has 1 N–H and O–H groups in total. The number of amides is 2. The zero-order valence-electron chi connectivity index (χ0n) is 19.0. The molecule has 0 fully saturated rings. The molecule has 2 amide bonds. The van der Waals surface area contributed by atoms with Crippen LogP contribution in [0.1, 0.15) is 31.9 Å². The molecule has 1 aliphatic rings. The van der Waals surface area contributed by atoms with E-state index in [2.05, 4.69) is 26.1 Å². The Balaban J connectivity index is 1.76. The van der Waals surface area contributed by atoms with Crippen molar-refractivity contribution in [3.05, 3.63) is 94.6 Å². The van der Waals surface area contributed by atoms with E-state index < -0.39 is 11.8 Å². The Kier molecular flexibility index (Phi) is 6.00. The standard InChI is InChI=1S/C27H25ClN2O3/c1-27(2,3)18-7-11-20(12-8-18)29-24-23(17-5-15-22(33-4)16-6-17)25(31)30(26(24)32)21-13-9-19(28)10-14-21/h5-16,29H,1-4H3. The van der Waals surface area contributed by atoms with Gasteiger partial charge in [-0.1, -0.05) is 56.6 Å². The lowest BCUT2D eigenvalue weighted by Crippen LogP contribution is -2.32. The monoisotopic (exact) mass is 460 g/mol. The minimum atomic E-state index is -0.423. The highest BCUT2D eigenvalue weighted by atomic mass is 35.5. The largest absolute Gasteiger partial charge is 0.497 e. The molecule has 0 aliphatic carbocycles. The van der Waals surface area contributed by atoms with Crippen LogP contribution >= 0.6 is 11.6 Å². The Hall–Kier alpha value is -3.57. The Labute approximate surface area is 198 Å². The smallest absolute Gasteiger partial charge is 0.282 e. The molecule has 0 bridgehead atoms. The van der Waals surface area contributed by atoms with E-state index in [9.17, 15) is 9.59 Å². The first-order valence-electron chi connectivity index (χ1n) is 10.6. The number of nitrogens with one attached hydrogen (secondary N) is 1. The SMILES string of the molecule is COc1ccc(C2=C(Nc3ccc(C(C)(C)C)cc3)C(=O)N(c3ccc(Cl)cc3)C2=O)cc1. The molecule has 0 saturated heterocycles. The Morgan fingerprint density at radius 3 is 1.97 bits per heavy atom. The number of hydrogen-bond acceptors (Lipinski definition) is 4. The molecular weight excluding hydrogens is 436 g/mol. The number of ether oxygens (including phenoxy) is 1. The first kappa shape index (κ1) is 22.6. The zero-order valence-corrected chi connectivity index (χ0v) is 19.7. The number of carbonyl (C=O) groups is 2. The fourth-order valence-corrected chi connectivity index (χ4v) is 3.82. The average molecular weight is 461 g/mol. The topological polar surface area (TPSA) is 58.6 Å². The van der Waals surface area contributed by atoms with Crippen LogP contribution in [-0.4, -0.2) is 18.9 Å². The van der Waals surface area contributed by atoms with E-state index in [1.165, 1.54) is 10.5 Å². The molecule has 168 valence electrons. The van der Waals surface area contributed by atoms with Crippen LogP contribution in [0, 0.1) is 0 Å². The lowest BCUT2D eigenvalue weighted by molar-refractivity contribution is -0.120. The number of methoxy groups -OCH3 is 1. The number of benzene rings is 3. The van der Waals surface area contributed by atoms with Crippen LogP contribution in [0.15, 0.2) is 78.5 Å². The first-order valence-corrected chi connectivity index (χ1v) is 11.0. The van der Waals surface area contributed by atoms with Gasteiger partial charge in [0.15, 0.2) is 0 Å². The van der Waals surface area contributed by atoms with E-state index >= 15 is 0 Å². The maximum absolute atomic E-state index is 13.5. The molecule has 1 heterocycles. The number of halogens is 1. The highest BCUT2D eigenvalue weighted by Gasteiger charge is 2.40. The summed E-state index contributed by atoms with van der Waals surface area (Å²) in [7, 11) is 1.58. The van der Waals surface area contributed by atoms with E-state index in [0.29, 0.717) is 27.6 Å². The molecule has 5 nitrogen and oxygen atoms in total. The summed E-state index contributed by atoms with van der Waals surface area (Å²) >= 11 is 6.00. The Bertz CT molecular complexity index is 1220. The predicted molar refractivity (Wildman–Crippen MR) is 133 cm³/mol. The lowest BCUT2D eigenvalue weighted by Gasteiger charge is -2.19. The summed E-state index contributed by atoms with van der Waals surface area (Å²) in [4.78, 5) is 28.1. The van der Waals surface area contributed by atoms with Crippen molar-refractivity contribution < 1.29 is 14.3 Å². The summed E-state index contributed by atoms with van der Waals surface area (Å²) in [5, 5.41) is 3.72. The van der Waals surface area contributed by atoms with E-state index in [-0.39, 0.29) is 11.1 Å². The van der Waals surface area contributed by atoms with Crippen molar-refractivity contribution in [2.75, 3.05) is 17.3 Å². The van der Waals surface area contributed by atoms with Crippen molar-refractivity contribution in [1.29, 1.82) is 0 Å². The van der Waals surface area contributed by atoms with E-state index in [1.807, 2.05) is 24.3 Å². The summed E-state index contributed by atoms with van der Waals surface area (Å²) in [6.07, 6.45) is 0. The van der Waals surface area contributed by atoms with Crippen molar-refractivity contribution in [3.8, 4) is 5.75 Å². The molecule has 3 aromatic carbocycles. The normalized spacial score (nSPS) is 14.2. The molecular formula is C27H25ClN2O3. The molecule has 0 radical (unpaired) electrons. The van der Waals surface area contributed by atoms with Crippen LogP contribution in [0.5, 0.6) is 5.75 Å². The number of nitrogens with zero attached hydrogens (tertiary/aromatic N) is 1. The summed E-state index contributed by atoms with van der Waals surface area (Å²) in [5.41, 5.74) is 3.52. The van der Waals surface area contributed by atoms with Crippen LogP contribution < -0.4 is 15.0 Å². The van der Waals surface area contributed by atoms with Gasteiger partial charge in [-0.2, -0.15) is 0 Å². The van der Waals surface area contributed by atoms with Crippen LogP contribution in [0.2, 0.25) is 5.02 Å². The van der Waals surface area contributed by atoms with Crippen molar-refractivity contribution in [3.63, 3.8) is 0 Å². The number of hydrogen-bond donors (Lipinski definition) is 1. The second-order valence-electron chi connectivity index (χ2n) is 8.85.